The Morgan fingerprint density at radius 3 is 1.73 bits per heavy atom. The topological polar surface area (TPSA) is 16.1 Å². The van der Waals surface area contributed by atoms with Gasteiger partial charge in [0.2, 0.25) is 0 Å². The van der Waals surface area contributed by atoms with Crippen LogP contribution in [0.15, 0.2) is 176 Å². The number of rotatable bonds is 6. The van der Waals surface area contributed by atoms with E-state index in [1.54, 1.807) is 0 Å². The van der Waals surface area contributed by atoms with Crippen LogP contribution in [-0.2, 0) is 0 Å². The molecule has 4 heteroatoms. The second-order valence-electron chi connectivity index (χ2n) is 11.4. The first-order valence-electron chi connectivity index (χ1n) is 15.1. The minimum absolute atomic E-state index is 0.745. The molecule has 0 N–H and O–H groups in total. The van der Waals surface area contributed by atoms with Gasteiger partial charge in [0, 0.05) is 34.5 Å². The van der Waals surface area contributed by atoms with Crippen LogP contribution in [0.4, 0.5) is 17.1 Å². The zero-order chi connectivity index (χ0) is 30.2. The first-order chi connectivity index (χ1) is 22.2. The van der Waals surface area contributed by atoms with Crippen LogP contribution < -0.4 is 25.6 Å². The van der Waals surface area contributed by atoms with Gasteiger partial charge in [0.25, 0.3) is 0 Å². The van der Waals surface area contributed by atoms with Crippen molar-refractivity contribution >= 4 is 57.5 Å². The Morgan fingerprint density at radius 1 is 0.467 bits per heavy atom. The summed E-state index contributed by atoms with van der Waals surface area (Å²) in [7, 11) is -2.73. The average molecular weight is 613 g/mol. The molecule has 0 aliphatic carbocycles. The standard InChI is InChI=1S/C41H29ClN2Si/c42-32-21-23-40-38(27-32)39-28-35(44(33-14-4-1-5-15-33)34-16-6-2-7-17-34)22-24-41(39)45(40,36-18-8-3-9-19-36)37-20-10-12-30(26-37)31-13-11-25-43-29-31/h1-29H. The third kappa shape index (κ3) is 4.60. The summed E-state index contributed by atoms with van der Waals surface area (Å²) in [5.41, 5.74) is 8.07. The van der Waals surface area contributed by atoms with E-state index in [1.165, 1.54) is 37.4 Å². The lowest BCUT2D eigenvalue weighted by Crippen LogP contribution is -2.72. The third-order valence-electron chi connectivity index (χ3n) is 8.87. The molecule has 7 aromatic rings. The minimum atomic E-state index is -2.73. The smallest absolute Gasteiger partial charge is 0.180 e. The Labute approximate surface area is 269 Å². The first-order valence-corrected chi connectivity index (χ1v) is 17.5. The van der Waals surface area contributed by atoms with E-state index in [0.29, 0.717) is 0 Å². The molecule has 214 valence electrons. The van der Waals surface area contributed by atoms with E-state index in [0.717, 1.165) is 27.6 Å². The summed E-state index contributed by atoms with van der Waals surface area (Å²) in [5, 5.41) is 6.17. The number of halogens is 1. The number of aromatic nitrogens is 1. The molecule has 1 atom stereocenters. The fourth-order valence-corrected chi connectivity index (χ4v) is 12.3. The Kier molecular flexibility index (Phi) is 6.90. The number of para-hydroxylation sites is 2. The molecule has 0 radical (unpaired) electrons. The second-order valence-corrected chi connectivity index (χ2v) is 15.5. The molecule has 0 spiro atoms. The molecule has 0 bridgehead atoms. The predicted octanol–water partition coefficient (Wildman–Crippen LogP) is 8.23. The van der Waals surface area contributed by atoms with Crippen LogP contribution in [0.25, 0.3) is 22.3 Å². The molecule has 8 rings (SSSR count). The third-order valence-corrected chi connectivity index (χ3v) is 14.0. The fourth-order valence-electron chi connectivity index (χ4n) is 6.98. The molecule has 45 heavy (non-hydrogen) atoms. The van der Waals surface area contributed by atoms with Gasteiger partial charge in [0.05, 0.1) is 0 Å². The van der Waals surface area contributed by atoms with Crippen molar-refractivity contribution in [2.45, 2.75) is 0 Å². The van der Waals surface area contributed by atoms with Crippen molar-refractivity contribution < 1.29 is 0 Å². The van der Waals surface area contributed by atoms with Crippen LogP contribution in [0.1, 0.15) is 0 Å². The molecular weight excluding hydrogens is 584 g/mol. The Bertz CT molecular complexity index is 2080. The van der Waals surface area contributed by atoms with Gasteiger partial charge in [-0.3, -0.25) is 4.98 Å². The highest BCUT2D eigenvalue weighted by Gasteiger charge is 2.49. The zero-order valence-electron chi connectivity index (χ0n) is 24.5. The normalized spacial score (nSPS) is 14.9. The van der Waals surface area contributed by atoms with E-state index in [-0.39, 0.29) is 0 Å². The number of hydrogen-bond donors (Lipinski definition) is 0. The monoisotopic (exact) mass is 612 g/mol. The van der Waals surface area contributed by atoms with Gasteiger partial charge in [-0.25, -0.2) is 0 Å². The van der Waals surface area contributed by atoms with E-state index < -0.39 is 8.07 Å². The highest BCUT2D eigenvalue weighted by molar-refractivity contribution is 7.22. The molecule has 0 saturated carbocycles. The number of nitrogens with zero attached hydrogens (tertiary/aromatic N) is 2. The van der Waals surface area contributed by atoms with Crippen molar-refractivity contribution in [2.75, 3.05) is 4.90 Å². The lowest BCUT2D eigenvalue weighted by molar-refractivity contribution is 1.29. The van der Waals surface area contributed by atoms with Crippen LogP contribution in [0.5, 0.6) is 0 Å². The van der Waals surface area contributed by atoms with Crippen molar-refractivity contribution in [1.29, 1.82) is 0 Å². The molecule has 1 unspecified atom stereocenters. The highest BCUT2D eigenvalue weighted by Crippen LogP contribution is 2.39. The van der Waals surface area contributed by atoms with Gasteiger partial charge in [-0.1, -0.05) is 121 Å². The molecular formula is C41H29ClN2Si. The number of pyridine rings is 1. The fraction of sp³-hybridized carbons (Fsp3) is 0. The van der Waals surface area contributed by atoms with E-state index in [4.69, 9.17) is 11.6 Å². The van der Waals surface area contributed by atoms with Crippen LogP contribution in [0, 0.1) is 0 Å². The summed E-state index contributed by atoms with van der Waals surface area (Å²) in [5.74, 6) is 0. The summed E-state index contributed by atoms with van der Waals surface area (Å²) in [4.78, 5) is 6.74. The average Bonchev–Trinajstić information content (AvgIpc) is 3.40. The van der Waals surface area contributed by atoms with Gasteiger partial charge in [-0.2, -0.15) is 0 Å². The van der Waals surface area contributed by atoms with Gasteiger partial charge in [-0.15, -0.1) is 0 Å². The lowest BCUT2D eigenvalue weighted by atomic mass is 10.0. The Morgan fingerprint density at radius 2 is 1.07 bits per heavy atom. The zero-order valence-corrected chi connectivity index (χ0v) is 26.3. The summed E-state index contributed by atoms with van der Waals surface area (Å²) in [6.07, 6.45) is 3.77. The quantitative estimate of drug-likeness (QED) is 0.176. The van der Waals surface area contributed by atoms with Crippen LogP contribution in [0.3, 0.4) is 0 Å². The Hall–Kier alpha value is -5.22. The summed E-state index contributed by atoms with van der Waals surface area (Å²) in [6, 6.07) is 59.0. The maximum Gasteiger partial charge on any atom is 0.180 e. The van der Waals surface area contributed by atoms with Gasteiger partial charge >= 0.3 is 0 Å². The number of benzene rings is 6. The predicted molar refractivity (Wildman–Crippen MR) is 192 cm³/mol. The van der Waals surface area contributed by atoms with E-state index >= 15 is 0 Å². The van der Waals surface area contributed by atoms with Crippen molar-refractivity contribution in [1.82, 2.24) is 4.98 Å². The summed E-state index contributed by atoms with van der Waals surface area (Å²) in [6.45, 7) is 0. The molecule has 1 aliphatic rings. The molecule has 0 saturated heterocycles. The molecule has 6 aromatic carbocycles. The molecule has 1 aliphatic heterocycles. The van der Waals surface area contributed by atoms with Crippen LogP contribution >= 0.6 is 11.6 Å². The lowest BCUT2D eigenvalue weighted by Gasteiger charge is -2.32. The van der Waals surface area contributed by atoms with Gasteiger partial charge in [0.1, 0.15) is 0 Å². The van der Waals surface area contributed by atoms with Gasteiger partial charge in [-0.05, 0) is 97.6 Å². The molecule has 1 aromatic heterocycles. The largest absolute Gasteiger partial charge is 0.310 e. The number of anilines is 3. The van der Waals surface area contributed by atoms with E-state index in [9.17, 15) is 0 Å². The molecule has 0 fully saturated rings. The van der Waals surface area contributed by atoms with Crippen molar-refractivity contribution in [2.24, 2.45) is 0 Å². The second kappa shape index (κ2) is 11.4. The summed E-state index contributed by atoms with van der Waals surface area (Å²) < 4.78 is 0. The number of fused-ring (bicyclic) bond motifs is 3. The molecule has 0 amide bonds. The van der Waals surface area contributed by atoms with Crippen LogP contribution in [-0.4, -0.2) is 13.1 Å². The number of hydrogen-bond acceptors (Lipinski definition) is 2. The van der Waals surface area contributed by atoms with E-state index in [2.05, 4.69) is 168 Å². The maximum absolute atomic E-state index is 6.77. The molecule has 2 nitrogen and oxygen atoms in total. The maximum atomic E-state index is 6.77. The summed E-state index contributed by atoms with van der Waals surface area (Å²) >= 11 is 6.77. The van der Waals surface area contributed by atoms with E-state index in [1.807, 2.05) is 18.5 Å². The highest BCUT2D eigenvalue weighted by atomic mass is 35.5. The Balaban J connectivity index is 1.41. The van der Waals surface area contributed by atoms with Gasteiger partial charge in [0.15, 0.2) is 8.07 Å². The minimum Gasteiger partial charge on any atom is -0.310 e. The molecule has 2 heterocycles. The van der Waals surface area contributed by atoms with Crippen LogP contribution in [0.2, 0.25) is 5.02 Å². The van der Waals surface area contributed by atoms with Gasteiger partial charge < -0.3 is 4.90 Å². The van der Waals surface area contributed by atoms with Crippen molar-refractivity contribution in [3.05, 3.63) is 181 Å². The first kappa shape index (κ1) is 27.3. The van der Waals surface area contributed by atoms with Crippen molar-refractivity contribution in [3.63, 3.8) is 0 Å². The van der Waals surface area contributed by atoms with Crippen molar-refractivity contribution in [3.8, 4) is 22.3 Å². The SMILES string of the molecule is Clc1ccc2c(c1)-c1cc(N(c3ccccc3)c3ccccc3)ccc1[Si]2(c1ccccc1)c1cccc(-c2cccnc2)c1.